The van der Waals surface area contributed by atoms with Gasteiger partial charge in [0, 0.05) is 11.8 Å². The van der Waals surface area contributed by atoms with Gasteiger partial charge in [0.2, 0.25) is 0 Å². The van der Waals surface area contributed by atoms with E-state index >= 15 is 0 Å². The monoisotopic (exact) mass is 222 g/mol. The second-order valence-corrected chi connectivity index (χ2v) is 7.81. The van der Waals surface area contributed by atoms with E-state index in [9.17, 15) is 0 Å². The van der Waals surface area contributed by atoms with Gasteiger partial charge in [-0.2, -0.15) is 0 Å². The first-order valence-electron chi connectivity index (χ1n) is 4.87. The Kier molecular flexibility index (Phi) is 2.50. The van der Waals surface area contributed by atoms with Crippen LogP contribution in [0.2, 0.25) is 0 Å². The van der Waals surface area contributed by atoms with Crippen molar-refractivity contribution in [3.05, 3.63) is 0 Å². The highest BCUT2D eigenvalue weighted by Crippen LogP contribution is 2.71. The Morgan fingerprint density at radius 3 is 1.08 bits per heavy atom. The van der Waals surface area contributed by atoms with Gasteiger partial charge < -0.3 is 0 Å². The molecule has 0 N–H and O–H groups in total. The van der Waals surface area contributed by atoms with E-state index in [2.05, 4.69) is 41.5 Å². The molecule has 1 saturated carbocycles. The smallest absolute Gasteiger partial charge is 0.101 e. The zero-order valence-corrected chi connectivity index (χ0v) is 10.9. The minimum absolute atomic E-state index is 0.210. The van der Waals surface area contributed by atoms with E-state index in [-0.39, 0.29) is 10.8 Å². The maximum atomic E-state index is 6.31. The molecular formula is C11H20Cl2. The Labute approximate surface area is 92.0 Å². The molecule has 1 aliphatic rings. The fourth-order valence-corrected chi connectivity index (χ4v) is 4.17. The predicted molar refractivity (Wildman–Crippen MR) is 60.3 cm³/mol. The van der Waals surface area contributed by atoms with E-state index in [1.165, 1.54) is 0 Å². The third-order valence-corrected chi connectivity index (χ3v) is 3.86. The Hall–Kier alpha value is 0.580. The number of hydrogen-bond acceptors (Lipinski definition) is 0. The summed E-state index contributed by atoms with van der Waals surface area (Å²) in [6.07, 6.45) is 0. The van der Waals surface area contributed by atoms with Crippen LogP contribution >= 0.6 is 23.2 Å². The summed E-state index contributed by atoms with van der Waals surface area (Å²) < 4.78 is -0.503. The summed E-state index contributed by atoms with van der Waals surface area (Å²) in [5.74, 6) is 0.840. The van der Waals surface area contributed by atoms with Gasteiger partial charge in [-0.25, -0.2) is 0 Å². The van der Waals surface area contributed by atoms with E-state index in [4.69, 9.17) is 23.2 Å². The topological polar surface area (TPSA) is 0 Å². The highest BCUT2D eigenvalue weighted by molar-refractivity contribution is 6.51. The molecule has 0 aromatic carbocycles. The van der Waals surface area contributed by atoms with Gasteiger partial charge in [0.15, 0.2) is 0 Å². The van der Waals surface area contributed by atoms with Crippen LogP contribution in [-0.2, 0) is 0 Å². The van der Waals surface area contributed by atoms with Crippen molar-refractivity contribution in [1.82, 2.24) is 0 Å². The van der Waals surface area contributed by atoms with Crippen molar-refractivity contribution in [3.8, 4) is 0 Å². The summed E-state index contributed by atoms with van der Waals surface area (Å²) in [5.41, 5.74) is 0.420. The van der Waals surface area contributed by atoms with Gasteiger partial charge in [-0.15, -0.1) is 23.2 Å². The molecule has 0 heterocycles. The van der Waals surface area contributed by atoms with E-state index in [1.807, 2.05) is 0 Å². The molecule has 0 nitrogen and oxygen atoms in total. The third kappa shape index (κ3) is 1.99. The van der Waals surface area contributed by atoms with E-state index in [0.29, 0.717) is 11.8 Å². The van der Waals surface area contributed by atoms with Crippen molar-refractivity contribution in [2.75, 3.05) is 0 Å². The molecule has 2 heteroatoms. The number of rotatable bonds is 0. The lowest BCUT2D eigenvalue weighted by atomic mass is 9.81. The van der Waals surface area contributed by atoms with Gasteiger partial charge in [0.25, 0.3) is 0 Å². The van der Waals surface area contributed by atoms with Crippen LogP contribution < -0.4 is 0 Å². The Bertz CT molecular complexity index is 183. The average Bonchev–Trinajstić information content (AvgIpc) is 2.29. The fourth-order valence-electron chi connectivity index (χ4n) is 2.48. The molecule has 1 aliphatic carbocycles. The van der Waals surface area contributed by atoms with Gasteiger partial charge in [0.1, 0.15) is 4.33 Å². The van der Waals surface area contributed by atoms with Gasteiger partial charge in [-0.1, -0.05) is 41.5 Å². The van der Waals surface area contributed by atoms with E-state index in [0.717, 1.165) is 0 Å². The normalized spacial score (nSPS) is 33.2. The summed E-state index contributed by atoms with van der Waals surface area (Å²) in [5, 5.41) is 0. The molecule has 2 unspecified atom stereocenters. The lowest BCUT2D eigenvalue weighted by Gasteiger charge is -2.23. The quantitative estimate of drug-likeness (QED) is 0.530. The molecule has 0 aliphatic heterocycles. The van der Waals surface area contributed by atoms with Crippen molar-refractivity contribution in [2.45, 2.75) is 45.9 Å². The van der Waals surface area contributed by atoms with Crippen molar-refractivity contribution in [2.24, 2.45) is 22.7 Å². The molecule has 1 fully saturated rings. The molecule has 13 heavy (non-hydrogen) atoms. The van der Waals surface area contributed by atoms with Gasteiger partial charge in [0.05, 0.1) is 0 Å². The number of halogens is 2. The van der Waals surface area contributed by atoms with E-state index < -0.39 is 4.33 Å². The summed E-state index contributed by atoms with van der Waals surface area (Å²) in [7, 11) is 0. The molecule has 0 aromatic heterocycles. The van der Waals surface area contributed by atoms with Crippen LogP contribution in [0.25, 0.3) is 0 Å². The highest BCUT2D eigenvalue weighted by atomic mass is 35.5. The number of hydrogen-bond donors (Lipinski definition) is 0. The molecule has 0 amide bonds. The average molecular weight is 223 g/mol. The first kappa shape index (κ1) is 11.7. The fraction of sp³-hybridized carbons (Fsp3) is 1.00. The third-order valence-electron chi connectivity index (χ3n) is 2.92. The molecule has 0 aromatic rings. The Morgan fingerprint density at radius 2 is 1.00 bits per heavy atom. The lowest BCUT2D eigenvalue weighted by Crippen LogP contribution is -2.16. The molecule has 0 radical (unpaired) electrons. The summed E-state index contributed by atoms with van der Waals surface area (Å²) >= 11 is 12.6. The van der Waals surface area contributed by atoms with Crippen LogP contribution in [0, 0.1) is 22.7 Å². The molecular weight excluding hydrogens is 203 g/mol. The molecule has 0 spiro atoms. The van der Waals surface area contributed by atoms with Crippen LogP contribution in [-0.4, -0.2) is 4.33 Å². The first-order chi connectivity index (χ1) is 5.49. The Balaban J connectivity index is 2.85. The van der Waals surface area contributed by atoms with Crippen molar-refractivity contribution >= 4 is 23.2 Å². The predicted octanol–water partition coefficient (Wildman–Crippen LogP) is 4.50. The minimum atomic E-state index is -0.503. The first-order valence-corrected chi connectivity index (χ1v) is 5.62. The van der Waals surface area contributed by atoms with Crippen LogP contribution in [0.15, 0.2) is 0 Å². The van der Waals surface area contributed by atoms with Crippen molar-refractivity contribution in [1.29, 1.82) is 0 Å². The number of alkyl halides is 2. The zero-order chi connectivity index (χ0) is 10.7. The largest absolute Gasteiger partial charge is 0.125 e. The van der Waals surface area contributed by atoms with Crippen LogP contribution in [0.5, 0.6) is 0 Å². The summed E-state index contributed by atoms with van der Waals surface area (Å²) in [6, 6.07) is 0. The summed E-state index contributed by atoms with van der Waals surface area (Å²) in [6.45, 7) is 13.3. The lowest BCUT2D eigenvalue weighted by molar-refractivity contribution is 0.254. The maximum Gasteiger partial charge on any atom is 0.125 e. The van der Waals surface area contributed by atoms with Crippen LogP contribution in [0.1, 0.15) is 41.5 Å². The molecule has 2 atom stereocenters. The van der Waals surface area contributed by atoms with Crippen LogP contribution in [0.3, 0.4) is 0 Å². The zero-order valence-electron chi connectivity index (χ0n) is 9.41. The maximum absolute atomic E-state index is 6.31. The molecule has 78 valence electrons. The minimum Gasteiger partial charge on any atom is -0.101 e. The second-order valence-electron chi connectivity index (χ2n) is 6.36. The van der Waals surface area contributed by atoms with Gasteiger partial charge in [-0.05, 0) is 10.8 Å². The second kappa shape index (κ2) is 2.79. The molecule has 0 bridgehead atoms. The van der Waals surface area contributed by atoms with Crippen molar-refractivity contribution < 1.29 is 0 Å². The van der Waals surface area contributed by atoms with Crippen molar-refractivity contribution in [3.63, 3.8) is 0 Å². The van der Waals surface area contributed by atoms with Gasteiger partial charge >= 0.3 is 0 Å². The highest BCUT2D eigenvalue weighted by Gasteiger charge is 2.70. The summed E-state index contributed by atoms with van der Waals surface area (Å²) in [4.78, 5) is 0. The van der Waals surface area contributed by atoms with Crippen LogP contribution in [0.4, 0.5) is 0 Å². The van der Waals surface area contributed by atoms with Gasteiger partial charge in [-0.3, -0.25) is 0 Å². The van der Waals surface area contributed by atoms with E-state index in [1.54, 1.807) is 0 Å². The standard InChI is InChI=1S/C11H20Cl2/c1-9(2,3)7-8(10(4,5)6)11(7,12)13/h7-8H,1-6H3. The SMILES string of the molecule is CC(C)(C)C1C(C(C)(C)C)C1(Cl)Cl. The molecule has 1 rings (SSSR count). The Morgan fingerprint density at radius 1 is 0.769 bits per heavy atom. The molecule has 0 saturated heterocycles.